The lowest BCUT2D eigenvalue weighted by molar-refractivity contribution is 0.293. The van der Waals surface area contributed by atoms with Gasteiger partial charge < -0.3 is 15.2 Å². The summed E-state index contributed by atoms with van der Waals surface area (Å²) in [6, 6.07) is 10.1. The van der Waals surface area contributed by atoms with E-state index in [4.69, 9.17) is 15.2 Å². The van der Waals surface area contributed by atoms with Crippen molar-refractivity contribution in [2.75, 3.05) is 7.11 Å². The van der Waals surface area contributed by atoms with E-state index in [1.807, 2.05) is 19.1 Å². The summed E-state index contributed by atoms with van der Waals surface area (Å²) >= 11 is 3.23. The quantitative estimate of drug-likeness (QED) is 0.876. The monoisotopic (exact) mass is 353 g/mol. The van der Waals surface area contributed by atoms with Gasteiger partial charge in [-0.2, -0.15) is 0 Å². The molecule has 0 aliphatic heterocycles. The van der Waals surface area contributed by atoms with Crippen LogP contribution in [-0.2, 0) is 6.61 Å². The summed E-state index contributed by atoms with van der Waals surface area (Å²) < 4.78 is 25.4. The molecule has 5 heteroatoms. The average molecular weight is 354 g/mol. The Morgan fingerprint density at radius 2 is 2.00 bits per heavy atom. The van der Waals surface area contributed by atoms with Crippen LogP contribution < -0.4 is 15.2 Å². The van der Waals surface area contributed by atoms with Crippen molar-refractivity contribution < 1.29 is 13.9 Å². The highest BCUT2D eigenvalue weighted by Crippen LogP contribution is 2.29. The van der Waals surface area contributed by atoms with Gasteiger partial charge in [0, 0.05) is 27.7 Å². The molecule has 0 radical (unpaired) electrons. The van der Waals surface area contributed by atoms with Gasteiger partial charge in [0.05, 0.1) is 7.11 Å². The molecule has 3 nitrogen and oxygen atoms in total. The molecule has 112 valence electrons. The zero-order valence-electron chi connectivity index (χ0n) is 11.9. The van der Waals surface area contributed by atoms with Crippen molar-refractivity contribution in [3.8, 4) is 11.5 Å². The maximum Gasteiger partial charge on any atom is 0.130 e. The standard InChI is InChI=1S/C16H17BrFNO2/c1-10(19)14-6-5-13(20-2)8-16(14)21-9-11-3-4-12(17)7-15(11)18/h3-8,10H,9,19H2,1-2H3/t10-/m1/s1. The molecule has 0 saturated heterocycles. The van der Waals surface area contributed by atoms with Gasteiger partial charge >= 0.3 is 0 Å². The second-order valence-corrected chi connectivity index (χ2v) is 5.63. The third-order valence-corrected chi connectivity index (χ3v) is 3.60. The number of halogens is 2. The minimum atomic E-state index is -0.311. The predicted molar refractivity (Wildman–Crippen MR) is 84.0 cm³/mol. The molecule has 0 spiro atoms. The second-order valence-electron chi connectivity index (χ2n) is 4.72. The average Bonchev–Trinajstić information content (AvgIpc) is 2.45. The number of ether oxygens (including phenoxy) is 2. The van der Waals surface area contributed by atoms with Crippen LogP contribution in [0.1, 0.15) is 24.1 Å². The molecule has 0 amide bonds. The molecular weight excluding hydrogens is 337 g/mol. The van der Waals surface area contributed by atoms with E-state index in [1.54, 1.807) is 25.3 Å². The zero-order valence-corrected chi connectivity index (χ0v) is 13.5. The van der Waals surface area contributed by atoms with Crippen molar-refractivity contribution in [3.63, 3.8) is 0 Å². The van der Waals surface area contributed by atoms with Crippen LogP contribution in [0.4, 0.5) is 4.39 Å². The molecule has 0 heterocycles. The summed E-state index contributed by atoms with van der Waals surface area (Å²) in [5, 5.41) is 0. The smallest absolute Gasteiger partial charge is 0.130 e. The number of benzene rings is 2. The molecule has 2 aromatic carbocycles. The number of hydrogen-bond acceptors (Lipinski definition) is 3. The predicted octanol–water partition coefficient (Wildman–Crippen LogP) is 4.20. The summed E-state index contributed by atoms with van der Waals surface area (Å²) in [4.78, 5) is 0. The first-order chi connectivity index (χ1) is 10.0. The van der Waals surface area contributed by atoms with Gasteiger partial charge in [-0.15, -0.1) is 0 Å². The molecule has 0 saturated carbocycles. The molecule has 0 unspecified atom stereocenters. The van der Waals surface area contributed by atoms with E-state index >= 15 is 0 Å². The lowest BCUT2D eigenvalue weighted by Crippen LogP contribution is -2.08. The first-order valence-corrected chi connectivity index (χ1v) is 7.31. The molecule has 2 aromatic rings. The number of methoxy groups -OCH3 is 1. The van der Waals surface area contributed by atoms with Gasteiger partial charge in [0.15, 0.2) is 0 Å². The molecule has 0 aromatic heterocycles. The van der Waals surface area contributed by atoms with Crippen LogP contribution in [0.25, 0.3) is 0 Å². The summed E-state index contributed by atoms with van der Waals surface area (Å²) in [5.74, 6) is 0.965. The Labute approximate surface area is 132 Å². The second kappa shape index (κ2) is 6.91. The van der Waals surface area contributed by atoms with Crippen molar-refractivity contribution in [2.45, 2.75) is 19.6 Å². The molecule has 0 aliphatic rings. The maximum absolute atomic E-state index is 13.8. The number of nitrogens with two attached hydrogens (primary N) is 1. The molecular formula is C16H17BrFNO2. The first-order valence-electron chi connectivity index (χ1n) is 6.51. The van der Waals surface area contributed by atoms with Gasteiger partial charge in [-0.3, -0.25) is 0 Å². The molecule has 0 aliphatic carbocycles. The van der Waals surface area contributed by atoms with Crippen molar-refractivity contribution in [1.29, 1.82) is 0 Å². The third-order valence-electron chi connectivity index (χ3n) is 3.11. The highest BCUT2D eigenvalue weighted by atomic mass is 79.9. The lowest BCUT2D eigenvalue weighted by Gasteiger charge is -2.15. The Kier molecular flexibility index (Phi) is 5.20. The van der Waals surface area contributed by atoms with Gasteiger partial charge in [-0.1, -0.05) is 28.1 Å². The molecule has 21 heavy (non-hydrogen) atoms. The van der Waals surface area contributed by atoms with Gasteiger partial charge in [0.1, 0.15) is 23.9 Å². The lowest BCUT2D eigenvalue weighted by atomic mass is 10.1. The Morgan fingerprint density at radius 3 is 2.62 bits per heavy atom. The van der Waals surface area contributed by atoms with Crippen molar-refractivity contribution >= 4 is 15.9 Å². The van der Waals surface area contributed by atoms with Crippen molar-refractivity contribution in [1.82, 2.24) is 0 Å². The zero-order chi connectivity index (χ0) is 15.4. The van der Waals surface area contributed by atoms with E-state index in [0.29, 0.717) is 21.5 Å². The summed E-state index contributed by atoms with van der Waals surface area (Å²) in [7, 11) is 1.58. The summed E-state index contributed by atoms with van der Waals surface area (Å²) in [6.45, 7) is 2.00. The largest absolute Gasteiger partial charge is 0.497 e. The van der Waals surface area contributed by atoms with Gasteiger partial charge in [0.2, 0.25) is 0 Å². The fourth-order valence-electron chi connectivity index (χ4n) is 1.94. The number of hydrogen-bond donors (Lipinski definition) is 1. The molecule has 0 fully saturated rings. The van der Waals surface area contributed by atoms with E-state index in [0.717, 1.165) is 5.56 Å². The Hall–Kier alpha value is -1.59. The fraction of sp³-hybridized carbons (Fsp3) is 0.250. The first kappa shape index (κ1) is 15.8. The third kappa shape index (κ3) is 3.95. The van der Waals surface area contributed by atoms with E-state index < -0.39 is 0 Å². The molecule has 2 rings (SSSR count). The Balaban J connectivity index is 2.22. The Morgan fingerprint density at radius 1 is 1.24 bits per heavy atom. The minimum Gasteiger partial charge on any atom is -0.497 e. The van der Waals surface area contributed by atoms with Crippen molar-refractivity contribution in [2.24, 2.45) is 5.73 Å². The highest BCUT2D eigenvalue weighted by Gasteiger charge is 2.11. The van der Waals surface area contributed by atoms with Gasteiger partial charge in [-0.25, -0.2) is 4.39 Å². The van der Waals surface area contributed by atoms with E-state index in [9.17, 15) is 4.39 Å². The SMILES string of the molecule is COc1ccc([C@@H](C)N)c(OCc2ccc(Br)cc2F)c1. The van der Waals surface area contributed by atoms with E-state index in [2.05, 4.69) is 15.9 Å². The van der Waals surface area contributed by atoms with E-state index in [1.165, 1.54) is 6.07 Å². The van der Waals surface area contributed by atoms with Crippen LogP contribution in [-0.4, -0.2) is 7.11 Å². The minimum absolute atomic E-state index is 0.131. The van der Waals surface area contributed by atoms with Gasteiger partial charge in [0.25, 0.3) is 0 Å². The summed E-state index contributed by atoms with van der Waals surface area (Å²) in [6.07, 6.45) is 0. The van der Waals surface area contributed by atoms with Crippen LogP contribution in [0, 0.1) is 5.82 Å². The maximum atomic E-state index is 13.8. The van der Waals surface area contributed by atoms with Crippen molar-refractivity contribution in [3.05, 3.63) is 57.8 Å². The normalized spacial score (nSPS) is 12.0. The highest BCUT2D eigenvalue weighted by molar-refractivity contribution is 9.10. The Bertz CT molecular complexity index is 632. The van der Waals surface area contributed by atoms with Crippen LogP contribution in [0.5, 0.6) is 11.5 Å². The van der Waals surface area contributed by atoms with Crippen LogP contribution in [0.15, 0.2) is 40.9 Å². The van der Waals surface area contributed by atoms with Crippen LogP contribution in [0.3, 0.4) is 0 Å². The molecule has 1 atom stereocenters. The van der Waals surface area contributed by atoms with E-state index in [-0.39, 0.29) is 18.5 Å². The summed E-state index contributed by atoms with van der Waals surface area (Å²) in [5.41, 5.74) is 7.26. The number of rotatable bonds is 5. The van der Waals surface area contributed by atoms with Gasteiger partial charge in [-0.05, 0) is 25.1 Å². The topological polar surface area (TPSA) is 44.5 Å². The fourth-order valence-corrected chi connectivity index (χ4v) is 2.27. The van der Waals surface area contributed by atoms with Crippen LogP contribution >= 0.6 is 15.9 Å². The molecule has 2 N–H and O–H groups in total. The molecule has 0 bridgehead atoms. The van der Waals surface area contributed by atoms with Crippen LogP contribution in [0.2, 0.25) is 0 Å².